The molecule has 12 nitrogen and oxygen atoms in total. The van der Waals surface area contributed by atoms with Crippen LogP contribution in [0.3, 0.4) is 0 Å². The van der Waals surface area contributed by atoms with Crippen LogP contribution in [0.4, 0.5) is 10.5 Å². The van der Waals surface area contributed by atoms with Gasteiger partial charge in [-0.3, -0.25) is 14.9 Å². The number of hydrogen-bond donors (Lipinski definition) is 2. The van der Waals surface area contributed by atoms with E-state index in [2.05, 4.69) is 10.6 Å². The molecule has 2 aromatic carbocycles. The number of non-ortho nitro benzene ring substituents is 1. The summed E-state index contributed by atoms with van der Waals surface area (Å²) in [7, 11) is -4.48. The van der Waals surface area contributed by atoms with Crippen LogP contribution in [-0.4, -0.2) is 47.0 Å². The zero-order valence-electron chi connectivity index (χ0n) is 22.2. The van der Waals surface area contributed by atoms with Crippen LogP contribution < -0.4 is 10.6 Å². The third-order valence-corrected chi connectivity index (χ3v) is 8.20. The topological polar surface area (TPSA) is 173 Å². The molecule has 4 rings (SSSR count). The number of hydrogen-bond acceptors (Lipinski definition) is 8. The SMILES string of the molecule is CC(C)(C)OC(=O)NC1CCC(NC(=O)c2cc3ccc(C#N)cc3n2S(=O)(=O)c2cccc([N+](=O)[O-])c2)CC1. The summed E-state index contributed by atoms with van der Waals surface area (Å²) in [6.07, 6.45) is 1.76. The Kier molecular flexibility index (Phi) is 7.84. The summed E-state index contributed by atoms with van der Waals surface area (Å²) >= 11 is 0. The third kappa shape index (κ3) is 6.23. The minimum absolute atomic E-state index is 0.0981. The lowest BCUT2D eigenvalue weighted by atomic mass is 9.91. The molecule has 1 saturated carbocycles. The lowest BCUT2D eigenvalue weighted by molar-refractivity contribution is -0.385. The number of aromatic nitrogens is 1. The largest absolute Gasteiger partial charge is 0.444 e. The average Bonchev–Trinajstić information content (AvgIpc) is 3.28. The summed E-state index contributed by atoms with van der Waals surface area (Å²) in [5.41, 5.74) is -0.944. The highest BCUT2D eigenvalue weighted by Gasteiger charge is 2.30. The van der Waals surface area contributed by atoms with Crippen LogP contribution in [0.15, 0.2) is 53.4 Å². The predicted molar refractivity (Wildman–Crippen MR) is 145 cm³/mol. The first-order valence-corrected chi connectivity index (χ1v) is 14.1. The van der Waals surface area contributed by atoms with Crippen molar-refractivity contribution in [2.24, 2.45) is 0 Å². The highest BCUT2D eigenvalue weighted by Crippen LogP contribution is 2.29. The van der Waals surface area contributed by atoms with Crippen molar-refractivity contribution in [3.63, 3.8) is 0 Å². The molecule has 3 aromatic rings. The number of alkyl carbamates (subject to hydrolysis) is 1. The van der Waals surface area contributed by atoms with E-state index in [0.717, 1.165) is 10.0 Å². The fourth-order valence-electron chi connectivity index (χ4n) is 4.64. The number of nitrogens with zero attached hydrogens (tertiary/aromatic N) is 3. The number of carbonyl (C=O) groups excluding carboxylic acids is 2. The van der Waals surface area contributed by atoms with Gasteiger partial charge >= 0.3 is 6.09 Å². The van der Waals surface area contributed by atoms with Crippen molar-refractivity contribution in [2.75, 3.05) is 0 Å². The van der Waals surface area contributed by atoms with Crippen molar-refractivity contribution in [3.05, 3.63) is 69.9 Å². The zero-order chi connectivity index (χ0) is 29.2. The third-order valence-electron chi connectivity index (χ3n) is 6.47. The molecular weight excluding hydrogens is 538 g/mol. The summed E-state index contributed by atoms with van der Waals surface area (Å²) in [6.45, 7) is 5.33. The number of ether oxygens (including phenoxy) is 1. The number of nitriles is 1. The molecule has 0 radical (unpaired) electrons. The number of carbonyl (C=O) groups is 2. The Morgan fingerprint density at radius 2 is 1.70 bits per heavy atom. The molecule has 2 N–H and O–H groups in total. The average molecular weight is 568 g/mol. The van der Waals surface area contributed by atoms with E-state index < -0.39 is 38.2 Å². The zero-order valence-corrected chi connectivity index (χ0v) is 23.0. The van der Waals surface area contributed by atoms with Crippen molar-refractivity contribution >= 4 is 38.6 Å². The van der Waals surface area contributed by atoms with Gasteiger partial charge in [0.1, 0.15) is 11.3 Å². The van der Waals surface area contributed by atoms with E-state index in [9.17, 15) is 33.4 Å². The van der Waals surface area contributed by atoms with E-state index >= 15 is 0 Å². The number of nitro groups is 1. The van der Waals surface area contributed by atoms with Crippen molar-refractivity contribution in [3.8, 4) is 6.07 Å². The monoisotopic (exact) mass is 567 g/mol. The normalized spacial score (nSPS) is 17.6. The molecule has 1 fully saturated rings. The Labute approximate surface area is 231 Å². The van der Waals surface area contributed by atoms with Gasteiger partial charge in [-0.1, -0.05) is 12.1 Å². The number of nitro benzene ring substituents is 1. The maximum Gasteiger partial charge on any atom is 0.407 e. The van der Waals surface area contributed by atoms with Gasteiger partial charge in [0.25, 0.3) is 21.6 Å². The van der Waals surface area contributed by atoms with Gasteiger partial charge in [-0.2, -0.15) is 5.26 Å². The molecular formula is C27H29N5O7S. The minimum Gasteiger partial charge on any atom is -0.444 e. The van der Waals surface area contributed by atoms with Gasteiger partial charge in [-0.05, 0) is 70.7 Å². The summed E-state index contributed by atoms with van der Waals surface area (Å²) in [6, 6.07) is 11.9. The van der Waals surface area contributed by atoms with E-state index in [-0.39, 0.29) is 33.8 Å². The highest BCUT2D eigenvalue weighted by molar-refractivity contribution is 7.90. The van der Waals surface area contributed by atoms with Gasteiger partial charge in [0.15, 0.2) is 0 Å². The van der Waals surface area contributed by atoms with E-state index in [1.54, 1.807) is 20.8 Å². The highest BCUT2D eigenvalue weighted by atomic mass is 32.2. The second kappa shape index (κ2) is 11.0. The fourth-order valence-corrected chi connectivity index (χ4v) is 6.18. The lowest BCUT2D eigenvalue weighted by Gasteiger charge is -2.30. The van der Waals surface area contributed by atoms with Gasteiger partial charge < -0.3 is 15.4 Å². The van der Waals surface area contributed by atoms with Crippen molar-refractivity contribution in [1.29, 1.82) is 5.26 Å². The molecule has 1 aliphatic rings. The molecule has 210 valence electrons. The van der Waals surface area contributed by atoms with E-state index in [1.807, 2.05) is 6.07 Å². The molecule has 0 bridgehead atoms. The van der Waals surface area contributed by atoms with Crippen LogP contribution in [-0.2, 0) is 14.8 Å². The smallest absolute Gasteiger partial charge is 0.407 e. The summed E-state index contributed by atoms with van der Waals surface area (Å²) in [4.78, 5) is 35.8. The van der Waals surface area contributed by atoms with Crippen LogP contribution in [0.5, 0.6) is 0 Å². The summed E-state index contributed by atoms with van der Waals surface area (Å²) in [5.74, 6) is -0.646. The Bertz CT molecular complexity index is 1620. The molecule has 0 aliphatic heterocycles. The van der Waals surface area contributed by atoms with Crippen LogP contribution >= 0.6 is 0 Å². The van der Waals surface area contributed by atoms with Crippen LogP contribution in [0.1, 0.15) is 62.5 Å². The second-order valence-electron chi connectivity index (χ2n) is 10.6. The number of rotatable bonds is 6. The Morgan fingerprint density at radius 3 is 2.30 bits per heavy atom. The van der Waals surface area contributed by atoms with Gasteiger partial charge in [-0.15, -0.1) is 0 Å². The number of nitrogens with one attached hydrogen (secondary N) is 2. The molecule has 0 unspecified atom stereocenters. The predicted octanol–water partition coefficient (Wildman–Crippen LogP) is 4.22. The Morgan fingerprint density at radius 1 is 1.05 bits per heavy atom. The quantitative estimate of drug-likeness (QED) is 0.329. The second-order valence-corrected chi connectivity index (χ2v) is 12.4. The van der Waals surface area contributed by atoms with Crippen molar-refractivity contribution < 1.29 is 27.7 Å². The molecule has 0 spiro atoms. The maximum absolute atomic E-state index is 13.8. The summed E-state index contributed by atoms with van der Waals surface area (Å²) < 4.78 is 33.7. The van der Waals surface area contributed by atoms with Crippen molar-refractivity contribution in [2.45, 2.75) is 69.0 Å². The van der Waals surface area contributed by atoms with Crippen LogP contribution in [0.25, 0.3) is 10.9 Å². The van der Waals surface area contributed by atoms with Gasteiger partial charge in [0.2, 0.25) is 0 Å². The molecule has 13 heteroatoms. The van der Waals surface area contributed by atoms with Gasteiger partial charge in [0, 0.05) is 29.6 Å². The van der Waals surface area contributed by atoms with Crippen LogP contribution in [0, 0.1) is 21.4 Å². The lowest BCUT2D eigenvalue weighted by Crippen LogP contribution is -2.45. The first kappa shape index (κ1) is 28.6. The molecule has 1 heterocycles. The number of benzene rings is 2. The molecule has 0 atom stereocenters. The molecule has 40 heavy (non-hydrogen) atoms. The standard InChI is InChI=1S/C27H29N5O7S/c1-27(2,3)39-26(34)30-20-11-9-19(10-12-20)29-25(33)24-14-18-8-7-17(16-28)13-23(18)31(24)40(37,38)22-6-4-5-21(15-22)32(35)36/h4-8,13-15,19-20H,9-12H2,1-3H3,(H,29,33)(H,30,34). The molecule has 1 aliphatic carbocycles. The molecule has 0 saturated heterocycles. The number of fused-ring (bicyclic) bond motifs is 1. The fraction of sp³-hybridized carbons (Fsp3) is 0.370. The first-order chi connectivity index (χ1) is 18.8. The van der Waals surface area contributed by atoms with E-state index in [1.165, 1.54) is 42.5 Å². The molecule has 1 aromatic heterocycles. The van der Waals surface area contributed by atoms with E-state index in [4.69, 9.17) is 4.74 Å². The van der Waals surface area contributed by atoms with Gasteiger partial charge in [-0.25, -0.2) is 17.2 Å². The minimum atomic E-state index is -4.48. The maximum atomic E-state index is 13.8. The van der Waals surface area contributed by atoms with E-state index in [0.29, 0.717) is 31.1 Å². The van der Waals surface area contributed by atoms with Crippen molar-refractivity contribution in [1.82, 2.24) is 14.6 Å². The summed E-state index contributed by atoms with van der Waals surface area (Å²) in [5, 5.41) is 26.8. The Hall–Kier alpha value is -4.44. The first-order valence-electron chi connectivity index (χ1n) is 12.6. The van der Waals surface area contributed by atoms with Crippen LogP contribution in [0.2, 0.25) is 0 Å². The molecule has 2 amide bonds. The van der Waals surface area contributed by atoms with Gasteiger partial charge in [0.05, 0.1) is 27.0 Å². The number of amides is 2. The Balaban J connectivity index is 1.60.